The number of aliphatic hydroxyl groups is 1. The van der Waals surface area contributed by atoms with Crippen LogP contribution in [0.2, 0.25) is 10.0 Å². The van der Waals surface area contributed by atoms with Crippen molar-refractivity contribution < 1.29 is 5.11 Å². The Bertz CT molecular complexity index is 543. The number of rotatable bonds is 3. The highest BCUT2D eigenvalue weighted by Crippen LogP contribution is 2.34. The second-order valence-electron chi connectivity index (χ2n) is 3.78. The molecule has 0 radical (unpaired) electrons. The van der Waals surface area contributed by atoms with Crippen molar-refractivity contribution in [3.05, 3.63) is 52.1 Å². The summed E-state index contributed by atoms with van der Waals surface area (Å²) in [4.78, 5) is 5.09. The standard InChI is InChI=1S/C13H11Cl2NOS/c1-8(17)9-2-4-12(11(15)6-9)18-13-5-3-10(14)7-16-13/h2-8,17H,1H3/t8-/m1/s1. The molecule has 0 aliphatic rings. The zero-order valence-electron chi connectivity index (χ0n) is 9.60. The molecule has 1 heterocycles. The number of benzene rings is 1. The molecule has 1 aromatic heterocycles. The first kappa shape index (κ1) is 13.7. The smallest absolute Gasteiger partial charge is 0.101 e. The van der Waals surface area contributed by atoms with Crippen LogP contribution in [-0.4, -0.2) is 10.1 Å². The molecule has 18 heavy (non-hydrogen) atoms. The minimum absolute atomic E-state index is 0.518. The second-order valence-corrected chi connectivity index (χ2v) is 5.69. The molecule has 0 bridgehead atoms. The summed E-state index contributed by atoms with van der Waals surface area (Å²) in [7, 11) is 0. The molecule has 1 N–H and O–H groups in total. The first-order valence-corrected chi connectivity index (χ1v) is 6.90. The molecular formula is C13H11Cl2NOS. The third-order valence-corrected chi connectivity index (χ3v) is 4.03. The van der Waals surface area contributed by atoms with Crippen LogP contribution in [0.15, 0.2) is 46.5 Å². The third-order valence-electron chi connectivity index (χ3n) is 2.35. The van der Waals surface area contributed by atoms with Gasteiger partial charge in [-0.05, 0) is 36.8 Å². The van der Waals surface area contributed by atoms with Crippen molar-refractivity contribution in [1.82, 2.24) is 4.98 Å². The molecule has 0 saturated carbocycles. The van der Waals surface area contributed by atoms with Crippen molar-refractivity contribution in [3.8, 4) is 0 Å². The Morgan fingerprint density at radius 1 is 1.22 bits per heavy atom. The van der Waals surface area contributed by atoms with E-state index in [-0.39, 0.29) is 0 Å². The summed E-state index contributed by atoms with van der Waals surface area (Å²) in [5.74, 6) is 0. The molecule has 2 nitrogen and oxygen atoms in total. The third kappa shape index (κ3) is 3.39. The van der Waals surface area contributed by atoms with Crippen LogP contribution in [0.4, 0.5) is 0 Å². The molecule has 2 aromatic rings. The minimum Gasteiger partial charge on any atom is -0.389 e. The molecule has 5 heteroatoms. The Hall–Kier alpha value is -0.740. The van der Waals surface area contributed by atoms with Gasteiger partial charge in [0.2, 0.25) is 0 Å². The molecule has 2 rings (SSSR count). The van der Waals surface area contributed by atoms with E-state index in [0.29, 0.717) is 10.0 Å². The minimum atomic E-state index is -0.518. The van der Waals surface area contributed by atoms with Crippen molar-refractivity contribution in [3.63, 3.8) is 0 Å². The fourth-order valence-electron chi connectivity index (χ4n) is 1.40. The van der Waals surface area contributed by atoms with E-state index in [1.807, 2.05) is 18.2 Å². The van der Waals surface area contributed by atoms with Gasteiger partial charge in [-0.1, -0.05) is 41.0 Å². The van der Waals surface area contributed by atoms with E-state index in [4.69, 9.17) is 23.2 Å². The Kier molecular flexibility index (Phi) is 4.51. The summed E-state index contributed by atoms with van der Waals surface area (Å²) in [5.41, 5.74) is 0.799. The first-order chi connectivity index (χ1) is 8.56. The van der Waals surface area contributed by atoms with Crippen LogP contribution < -0.4 is 0 Å². The van der Waals surface area contributed by atoms with Gasteiger partial charge in [-0.25, -0.2) is 4.98 Å². The average Bonchev–Trinajstić information content (AvgIpc) is 2.34. The highest BCUT2D eigenvalue weighted by atomic mass is 35.5. The Labute approximate surface area is 120 Å². The number of halogens is 2. The molecule has 0 spiro atoms. The van der Waals surface area contributed by atoms with Gasteiger partial charge in [-0.3, -0.25) is 0 Å². The number of aromatic nitrogens is 1. The molecule has 1 atom stereocenters. The van der Waals surface area contributed by atoms with Gasteiger partial charge in [0, 0.05) is 11.1 Å². The summed E-state index contributed by atoms with van der Waals surface area (Å²) in [6.07, 6.45) is 1.08. The van der Waals surface area contributed by atoms with Gasteiger partial charge in [0.05, 0.1) is 16.1 Å². The molecule has 1 aromatic carbocycles. The Balaban J connectivity index is 2.22. The maximum absolute atomic E-state index is 9.47. The van der Waals surface area contributed by atoms with Crippen LogP contribution in [0.25, 0.3) is 0 Å². The predicted octanol–water partition coefficient (Wildman–Crippen LogP) is 4.59. The van der Waals surface area contributed by atoms with E-state index in [2.05, 4.69) is 4.98 Å². The number of pyridine rings is 1. The van der Waals surface area contributed by atoms with Crippen LogP contribution in [0.3, 0.4) is 0 Å². The lowest BCUT2D eigenvalue weighted by Crippen LogP contribution is -1.91. The van der Waals surface area contributed by atoms with Crippen LogP contribution in [0.5, 0.6) is 0 Å². The van der Waals surface area contributed by atoms with Crippen molar-refractivity contribution in [2.45, 2.75) is 22.9 Å². The Morgan fingerprint density at radius 3 is 2.56 bits per heavy atom. The molecule has 94 valence electrons. The summed E-state index contributed by atoms with van der Waals surface area (Å²) in [6.45, 7) is 1.71. The zero-order chi connectivity index (χ0) is 13.1. The predicted molar refractivity (Wildman–Crippen MR) is 75.5 cm³/mol. The van der Waals surface area contributed by atoms with E-state index in [0.717, 1.165) is 15.5 Å². The summed E-state index contributed by atoms with van der Waals surface area (Å²) in [6, 6.07) is 9.13. The van der Waals surface area contributed by atoms with Gasteiger partial charge < -0.3 is 5.11 Å². The van der Waals surface area contributed by atoms with Gasteiger partial charge in [-0.2, -0.15) is 0 Å². The molecule has 0 aliphatic heterocycles. The topological polar surface area (TPSA) is 33.1 Å². The van der Waals surface area contributed by atoms with E-state index >= 15 is 0 Å². The second kappa shape index (κ2) is 5.93. The van der Waals surface area contributed by atoms with Gasteiger partial charge in [0.15, 0.2) is 0 Å². The van der Waals surface area contributed by atoms with E-state index in [1.165, 1.54) is 11.8 Å². The van der Waals surface area contributed by atoms with Crippen LogP contribution in [0, 0.1) is 0 Å². The average molecular weight is 300 g/mol. The van der Waals surface area contributed by atoms with Gasteiger partial charge in [0.1, 0.15) is 5.03 Å². The summed E-state index contributed by atoms with van der Waals surface area (Å²) < 4.78 is 0. The fourth-order valence-corrected chi connectivity index (χ4v) is 2.57. The maximum Gasteiger partial charge on any atom is 0.101 e. The number of hydrogen-bond acceptors (Lipinski definition) is 3. The Morgan fingerprint density at radius 2 is 2.00 bits per heavy atom. The van der Waals surface area contributed by atoms with Crippen molar-refractivity contribution in [2.75, 3.05) is 0 Å². The van der Waals surface area contributed by atoms with Crippen LogP contribution >= 0.6 is 35.0 Å². The van der Waals surface area contributed by atoms with Crippen LogP contribution in [0.1, 0.15) is 18.6 Å². The van der Waals surface area contributed by atoms with Gasteiger partial charge in [0.25, 0.3) is 0 Å². The zero-order valence-corrected chi connectivity index (χ0v) is 11.9. The van der Waals surface area contributed by atoms with E-state index in [9.17, 15) is 5.11 Å². The largest absolute Gasteiger partial charge is 0.389 e. The van der Waals surface area contributed by atoms with Crippen molar-refractivity contribution in [2.24, 2.45) is 0 Å². The molecule has 0 amide bonds. The maximum atomic E-state index is 9.47. The number of hydrogen-bond donors (Lipinski definition) is 1. The first-order valence-electron chi connectivity index (χ1n) is 5.33. The summed E-state index contributed by atoms with van der Waals surface area (Å²) >= 11 is 13.4. The lowest BCUT2D eigenvalue weighted by atomic mass is 10.1. The quantitative estimate of drug-likeness (QED) is 0.899. The van der Waals surface area contributed by atoms with Crippen molar-refractivity contribution >= 4 is 35.0 Å². The SMILES string of the molecule is C[C@@H](O)c1ccc(Sc2ccc(Cl)cn2)c(Cl)c1. The normalized spacial score (nSPS) is 12.4. The monoisotopic (exact) mass is 299 g/mol. The van der Waals surface area contributed by atoms with Gasteiger partial charge in [-0.15, -0.1) is 0 Å². The highest BCUT2D eigenvalue weighted by molar-refractivity contribution is 7.99. The van der Waals surface area contributed by atoms with E-state index in [1.54, 1.807) is 25.3 Å². The molecule has 0 unspecified atom stereocenters. The highest BCUT2D eigenvalue weighted by Gasteiger charge is 2.07. The molecular weight excluding hydrogens is 289 g/mol. The van der Waals surface area contributed by atoms with Gasteiger partial charge >= 0.3 is 0 Å². The van der Waals surface area contributed by atoms with E-state index < -0.39 is 6.10 Å². The number of aliphatic hydroxyl groups excluding tert-OH is 1. The molecule has 0 aliphatic carbocycles. The summed E-state index contributed by atoms with van der Waals surface area (Å²) in [5, 5.41) is 11.5. The number of nitrogens with zero attached hydrogens (tertiary/aromatic N) is 1. The van der Waals surface area contributed by atoms with Crippen molar-refractivity contribution in [1.29, 1.82) is 0 Å². The molecule has 0 saturated heterocycles. The molecule has 0 fully saturated rings. The lowest BCUT2D eigenvalue weighted by molar-refractivity contribution is 0.199. The van der Waals surface area contributed by atoms with Crippen LogP contribution in [-0.2, 0) is 0 Å². The lowest BCUT2D eigenvalue weighted by Gasteiger charge is -2.08. The fraction of sp³-hybridized carbons (Fsp3) is 0.154.